The Morgan fingerprint density at radius 1 is 1.32 bits per heavy atom. The van der Waals surface area contributed by atoms with Gasteiger partial charge in [0, 0.05) is 5.92 Å². The Morgan fingerprint density at radius 3 is 2.50 bits per heavy atom. The standard InChI is InChI=1S/C15H22BNO4S/c1-15(2,3)21-14(19)16-7-5-10(6-8-16)12-17-9-11(22-12)13(18)20-4/h9-10H,5-8H2,1-4H3. The van der Waals surface area contributed by atoms with Crippen LogP contribution in [0.2, 0.25) is 12.6 Å². The van der Waals surface area contributed by atoms with Crippen LogP contribution in [0.4, 0.5) is 4.79 Å². The summed E-state index contributed by atoms with van der Waals surface area (Å²) in [4.78, 5) is 28.4. The SMILES string of the molecule is COC(=O)c1cnc(C2CCB(C(=O)OC(C)(C)C)CC2)s1. The molecular formula is C15H22BNO4S. The van der Waals surface area contributed by atoms with E-state index < -0.39 is 5.60 Å². The van der Waals surface area contributed by atoms with Gasteiger partial charge in [-0.3, -0.25) is 4.79 Å². The van der Waals surface area contributed by atoms with E-state index in [-0.39, 0.29) is 18.6 Å². The van der Waals surface area contributed by atoms with Gasteiger partial charge in [0.25, 0.3) is 12.6 Å². The highest BCUT2D eigenvalue weighted by Gasteiger charge is 2.34. The van der Waals surface area contributed by atoms with Crippen molar-refractivity contribution in [2.75, 3.05) is 7.11 Å². The van der Waals surface area contributed by atoms with Crippen LogP contribution in [0.5, 0.6) is 0 Å². The molecule has 22 heavy (non-hydrogen) atoms. The van der Waals surface area contributed by atoms with Crippen LogP contribution in [-0.4, -0.2) is 36.2 Å². The number of esters is 1. The zero-order chi connectivity index (χ0) is 16.3. The second-order valence-electron chi connectivity index (χ2n) is 6.64. The van der Waals surface area contributed by atoms with Crippen molar-refractivity contribution in [3.8, 4) is 0 Å². The molecule has 1 fully saturated rings. The summed E-state index contributed by atoms with van der Waals surface area (Å²) in [5.41, 5.74) is -0.432. The minimum Gasteiger partial charge on any atom is -0.468 e. The molecule has 2 rings (SSSR count). The molecule has 0 aliphatic carbocycles. The van der Waals surface area contributed by atoms with Crippen molar-refractivity contribution in [1.82, 2.24) is 4.98 Å². The molecule has 0 unspecified atom stereocenters. The average Bonchev–Trinajstić information content (AvgIpc) is 2.94. The Balaban J connectivity index is 1.91. The summed E-state index contributed by atoms with van der Waals surface area (Å²) in [7, 11) is 1.37. The largest absolute Gasteiger partial charge is 0.468 e. The lowest BCUT2D eigenvalue weighted by Gasteiger charge is -2.27. The van der Waals surface area contributed by atoms with Gasteiger partial charge < -0.3 is 9.47 Å². The van der Waals surface area contributed by atoms with Crippen molar-refractivity contribution in [3.05, 3.63) is 16.1 Å². The zero-order valence-corrected chi connectivity index (χ0v) is 14.4. The van der Waals surface area contributed by atoms with Crippen molar-refractivity contribution in [3.63, 3.8) is 0 Å². The van der Waals surface area contributed by atoms with Crippen LogP contribution in [0.3, 0.4) is 0 Å². The van der Waals surface area contributed by atoms with Gasteiger partial charge in [0.05, 0.1) is 18.3 Å². The highest BCUT2D eigenvalue weighted by molar-refractivity contribution is 7.13. The Kier molecular flexibility index (Phi) is 5.26. The van der Waals surface area contributed by atoms with Crippen LogP contribution in [0, 0.1) is 0 Å². The van der Waals surface area contributed by atoms with Gasteiger partial charge in [-0.1, -0.05) is 12.6 Å². The van der Waals surface area contributed by atoms with Crippen molar-refractivity contribution < 1.29 is 19.1 Å². The van der Waals surface area contributed by atoms with Gasteiger partial charge in [0.2, 0.25) is 0 Å². The Morgan fingerprint density at radius 2 is 1.95 bits per heavy atom. The van der Waals surface area contributed by atoms with Crippen LogP contribution in [0.1, 0.15) is 54.2 Å². The summed E-state index contributed by atoms with van der Waals surface area (Å²) in [5.74, 6) is -0.117. The van der Waals surface area contributed by atoms with Gasteiger partial charge in [0.1, 0.15) is 10.5 Å². The molecule has 1 aromatic heterocycles. The molecule has 0 aromatic carbocycles. The number of carbonyl (C=O) groups excluding carboxylic acids is 2. The van der Waals surface area contributed by atoms with Crippen molar-refractivity contribution in [2.24, 2.45) is 0 Å². The maximum atomic E-state index is 12.1. The van der Waals surface area contributed by atoms with E-state index in [2.05, 4.69) is 4.98 Å². The predicted molar refractivity (Wildman–Crippen MR) is 87.0 cm³/mol. The fourth-order valence-corrected chi connectivity index (χ4v) is 3.64. The monoisotopic (exact) mass is 323 g/mol. The van der Waals surface area contributed by atoms with E-state index >= 15 is 0 Å². The van der Waals surface area contributed by atoms with E-state index in [0.29, 0.717) is 10.8 Å². The smallest absolute Gasteiger partial charge is 0.349 e. The Bertz CT molecular complexity index is 544. The maximum Gasteiger partial charge on any atom is 0.349 e. The lowest BCUT2D eigenvalue weighted by Crippen LogP contribution is -2.35. The number of methoxy groups -OCH3 is 1. The fourth-order valence-electron chi connectivity index (χ4n) is 2.63. The van der Waals surface area contributed by atoms with Crippen LogP contribution in [0.15, 0.2) is 6.20 Å². The van der Waals surface area contributed by atoms with Gasteiger partial charge in [-0.25, -0.2) is 9.78 Å². The average molecular weight is 323 g/mol. The molecule has 0 atom stereocenters. The Hall–Kier alpha value is -1.37. The molecule has 1 aliphatic heterocycles. The summed E-state index contributed by atoms with van der Waals surface area (Å²) in [5, 5.41) is 0.961. The van der Waals surface area contributed by atoms with Crippen LogP contribution >= 0.6 is 11.3 Å². The minimum atomic E-state index is -0.432. The van der Waals surface area contributed by atoms with E-state index in [1.807, 2.05) is 20.8 Å². The molecule has 1 aromatic rings. The third-order valence-electron chi connectivity index (χ3n) is 3.73. The van der Waals surface area contributed by atoms with Crippen molar-refractivity contribution in [1.29, 1.82) is 0 Å². The quantitative estimate of drug-likeness (QED) is 0.625. The summed E-state index contributed by atoms with van der Waals surface area (Å²) in [6.45, 7) is 5.65. The minimum absolute atomic E-state index is 0.0180. The second-order valence-corrected chi connectivity index (χ2v) is 7.70. The molecular weight excluding hydrogens is 301 g/mol. The summed E-state index contributed by atoms with van der Waals surface area (Å²) < 4.78 is 10.2. The molecule has 120 valence electrons. The number of nitrogens with zero attached hydrogens (tertiary/aromatic N) is 1. The number of aromatic nitrogens is 1. The summed E-state index contributed by atoms with van der Waals surface area (Å²) >= 11 is 1.39. The van der Waals surface area contributed by atoms with E-state index in [9.17, 15) is 9.59 Å². The normalized spacial score (nSPS) is 16.5. The fraction of sp³-hybridized carbons (Fsp3) is 0.667. The van der Waals surface area contributed by atoms with Gasteiger partial charge in [-0.15, -0.1) is 11.3 Å². The van der Waals surface area contributed by atoms with E-state index in [0.717, 1.165) is 30.5 Å². The topological polar surface area (TPSA) is 65.5 Å². The predicted octanol–water partition coefficient (Wildman–Crippen LogP) is 3.82. The molecule has 2 heterocycles. The van der Waals surface area contributed by atoms with Gasteiger partial charge >= 0.3 is 5.97 Å². The third kappa shape index (κ3) is 4.32. The highest BCUT2D eigenvalue weighted by atomic mass is 32.1. The molecule has 1 saturated heterocycles. The molecule has 0 radical (unpaired) electrons. The Labute approximate surface area is 135 Å². The first-order valence-electron chi connectivity index (χ1n) is 7.57. The molecule has 5 nitrogen and oxygen atoms in total. The van der Waals surface area contributed by atoms with Gasteiger partial charge in [-0.05, 0) is 33.6 Å². The van der Waals surface area contributed by atoms with E-state index in [4.69, 9.17) is 9.47 Å². The van der Waals surface area contributed by atoms with Crippen LogP contribution < -0.4 is 0 Å². The number of carbonyl (C=O) groups is 2. The number of hydrogen-bond donors (Lipinski definition) is 0. The number of ether oxygens (including phenoxy) is 2. The second kappa shape index (κ2) is 6.81. The molecule has 0 bridgehead atoms. The lowest BCUT2D eigenvalue weighted by molar-refractivity contribution is 0.0605. The van der Waals surface area contributed by atoms with Crippen LogP contribution in [0.25, 0.3) is 0 Å². The number of hydrogen-bond acceptors (Lipinski definition) is 6. The summed E-state index contributed by atoms with van der Waals surface area (Å²) in [6.07, 6.45) is 5.00. The molecule has 1 aliphatic rings. The lowest BCUT2D eigenvalue weighted by atomic mass is 9.40. The third-order valence-corrected chi connectivity index (χ3v) is 4.87. The molecule has 7 heteroatoms. The van der Waals surface area contributed by atoms with Gasteiger partial charge in [-0.2, -0.15) is 0 Å². The molecule has 0 N–H and O–H groups in total. The molecule has 0 amide bonds. The van der Waals surface area contributed by atoms with Crippen molar-refractivity contribution >= 4 is 29.9 Å². The first kappa shape index (κ1) is 17.0. The number of rotatable bonds is 3. The molecule has 0 spiro atoms. The van der Waals surface area contributed by atoms with Gasteiger partial charge in [0.15, 0.2) is 0 Å². The van der Waals surface area contributed by atoms with E-state index in [1.54, 1.807) is 6.20 Å². The highest BCUT2D eigenvalue weighted by Crippen LogP contribution is 2.36. The van der Waals surface area contributed by atoms with Crippen LogP contribution in [-0.2, 0) is 9.47 Å². The van der Waals surface area contributed by atoms with E-state index in [1.165, 1.54) is 18.4 Å². The maximum absolute atomic E-state index is 12.1. The summed E-state index contributed by atoms with van der Waals surface area (Å²) in [6, 6.07) is 0. The van der Waals surface area contributed by atoms with Crippen molar-refractivity contribution in [2.45, 2.75) is 57.8 Å². The molecule has 0 saturated carbocycles. The zero-order valence-electron chi connectivity index (χ0n) is 13.5. The first-order chi connectivity index (χ1) is 10.3. The first-order valence-corrected chi connectivity index (χ1v) is 8.38. The number of thiazole rings is 1.